The van der Waals surface area contributed by atoms with Crippen LogP contribution in [0.4, 0.5) is 8.78 Å². The normalized spacial score (nSPS) is 11.7. The third kappa shape index (κ3) is 5.82. The molecule has 8 heteroatoms. The highest BCUT2D eigenvalue weighted by Crippen LogP contribution is 2.24. The third-order valence-corrected chi connectivity index (χ3v) is 4.18. The molecule has 0 aliphatic heterocycles. The second kappa shape index (κ2) is 10.5. The van der Waals surface area contributed by atoms with Gasteiger partial charge in [0.1, 0.15) is 6.61 Å². The van der Waals surface area contributed by atoms with Crippen LogP contribution in [0.15, 0.2) is 36.7 Å². The van der Waals surface area contributed by atoms with Gasteiger partial charge in [0.2, 0.25) is 0 Å². The SMILES string of the molecule is Cc1ccc(F)c(OCC(=O)C(CCCCN)NC(=O)c2ccncc2)c1F. The predicted molar refractivity (Wildman–Crippen MR) is 100.0 cm³/mol. The molecule has 0 saturated heterocycles. The van der Waals surface area contributed by atoms with E-state index in [1.165, 1.54) is 37.5 Å². The number of nitrogens with two attached hydrogens (primary N) is 1. The van der Waals surface area contributed by atoms with Gasteiger partial charge in [0.25, 0.3) is 5.91 Å². The minimum absolute atomic E-state index is 0.203. The van der Waals surface area contributed by atoms with E-state index >= 15 is 0 Å². The van der Waals surface area contributed by atoms with Gasteiger partial charge < -0.3 is 15.8 Å². The summed E-state index contributed by atoms with van der Waals surface area (Å²) in [5.74, 6) is -3.28. The van der Waals surface area contributed by atoms with Gasteiger partial charge in [-0.25, -0.2) is 8.78 Å². The van der Waals surface area contributed by atoms with Crippen LogP contribution in [-0.4, -0.2) is 35.9 Å². The van der Waals surface area contributed by atoms with Crippen LogP contribution in [0.2, 0.25) is 0 Å². The number of pyridine rings is 1. The van der Waals surface area contributed by atoms with Crippen LogP contribution in [0.5, 0.6) is 5.75 Å². The summed E-state index contributed by atoms with van der Waals surface area (Å²) in [6, 6.07) is 4.53. The van der Waals surface area contributed by atoms with E-state index in [-0.39, 0.29) is 5.56 Å². The second-order valence-electron chi connectivity index (χ2n) is 6.31. The molecule has 0 bridgehead atoms. The highest BCUT2D eigenvalue weighted by Gasteiger charge is 2.23. The van der Waals surface area contributed by atoms with Crippen molar-refractivity contribution in [1.29, 1.82) is 0 Å². The first-order chi connectivity index (χ1) is 13.4. The van der Waals surface area contributed by atoms with Crippen molar-refractivity contribution in [2.24, 2.45) is 5.73 Å². The van der Waals surface area contributed by atoms with Crippen molar-refractivity contribution in [1.82, 2.24) is 10.3 Å². The minimum atomic E-state index is -0.892. The zero-order valence-electron chi connectivity index (χ0n) is 15.6. The largest absolute Gasteiger partial charge is 0.480 e. The molecule has 0 fully saturated rings. The number of benzene rings is 1. The molecule has 28 heavy (non-hydrogen) atoms. The number of nitrogens with zero attached hydrogens (tertiary/aromatic N) is 1. The standard InChI is InChI=1S/C20H23F2N3O3/c1-13-5-6-15(21)19(18(13)22)28-12-17(26)16(4-2-3-9-23)25-20(27)14-7-10-24-11-8-14/h5-8,10-11,16H,2-4,9,12,23H2,1H3,(H,25,27). The molecule has 3 N–H and O–H groups in total. The molecule has 0 aliphatic carbocycles. The topological polar surface area (TPSA) is 94.3 Å². The van der Waals surface area contributed by atoms with Crippen LogP contribution in [0.3, 0.4) is 0 Å². The maximum atomic E-state index is 14.0. The number of hydrogen-bond acceptors (Lipinski definition) is 5. The summed E-state index contributed by atoms with van der Waals surface area (Å²) in [7, 11) is 0. The quantitative estimate of drug-likeness (QED) is 0.607. The summed E-state index contributed by atoms with van der Waals surface area (Å²) in [6.07, 6.45) is 4.56. The van der Waals surface area contributed by atoms with Crippen LogP contribution in [0, 0.1) is 18.6 Å². The highest BCUT2D eigenvalue weighted by molar-refractivity contribution is 5.98. The lowest BCUT2D eigenvalue weighted by Crippen LogP contribution is -2.43. The van der Waals surface area contributed by atoms with Crippen LogP contribution in [-0.2, 0) is 4.79 Å². The molecule has 0 aliphatic rings. The zero-order valence-corrected chi connectivity index (χ0v) is 15.6. The molecule has 150 valence electrons. The van der Waals surface area contributed by atoms with Gasteiger partial charge in [-0.1, -0.05) is 6.07 Å². The Morgan fingerprint density at radius 2 is 1.89 bits per heavy atom. The summed E-state index contributed by atoms with van der Waals surface area (Å²) in [5.41, 5.74) is 6.03. The van der Waals surface area contributed by atoms with Gasteiger partial charge >= 0.3 is 0 Å². The molecule has 1 heterocycles. The molecule has 1 aromatic carbocycles. The third-order valence-electron chi connectivity index (χ3n) is 4.18. The molecule has 0 saturated carbocycles. The molecule has 0 radical (unpaired) electrons. The fourth-order valence-corrected chi connectivity index (χ4v) is 2.56. The Morgan fingerprint density at radius 3 is 2.57 bits per heavy atom. The number of carbonyl (C=O) groups excluding carboxylic acids is 2. The molecule has 1 atom stereocenters. The number of nitrogens with one attached hydrogen (secondary N) is 1. The van der Waals surface area contributed by atoms with Gasteiger partial charge in [0.15, 0.2) is 23.2 Å². The minimum Gasteiger partial charge on any atom is -0.480 e. The lowest BCUT2D eigenvalue weighted by molar-refractivity contribution is -0.123. The lowest BCUT2D eigenvalue weighted by atomic mass is 10.0. The number of aryl methyl sites for hydroxylation is 1. The van der Waals surface area contributed by atoms with Crippen molar-refractivity contribution in [2.45, 2.75) is 32.2 Å². The Hall–Kier alpha value is -2.87. The van der Waals surface area contributed by atoms with Crippen molar-refractivity contribution in [3.05, 3.63) is 59.4 Å². The molecule has 2 aromatic rings. The predicted octanol–water partition coefficient (Wildman–Crippen LogP) is 2.54. The molecule has 1 amide bonds. The van der Waals surface area contributed by atoms with E-state index in [1.807, 2.05) is 0 Å². The summed E-state index contributed by atoms with van der Waals surface area (Å²) in [5, 5.41) is 2.64. The summed E-state index contributed by atoms with van der Waals surface area (Å²) in [4.78, 5) is 28.7. The fourth-order valence-electron chi connectivity index (χ4n) is 2.56. The Bertz CT molecular complexity index is 816. The van der Waals surface area contributed by atoms with Crippen molar-refractivity contribution in [3.8, 4) is 5.75 Å². The van der Waals surface area contributed by atoms with Crippen molar-refractivity contribution < 1.29 is 23.1 Å². The van der Waals surface area contributed by atoms with Gasteiger partial charge in [-0.3, -0.25) is 14.6 Å². The summed E-state index contributed by atoms with van der Waals surface area (Å²) in [6.45, 7) is 1.35. The van der Waals surface area contributed by atoms with Gasteiger partial charge in [-0.05, 0) is 56.5 Å². The van der Waals surface area contributed by atoms with Gasteiger partial charge in [0.05, 0.1) is 6.04 Å². The Morgan fingerprint density at radius 1 is 1.18 bits per heavy atom. The number of aromatic nitrogens is 1. The van der Waals surface area contributed by atoms with Gasteiger partial charge in [-0.2, -0.15) is 0 Å². The summed E-state index contributed by atoms with van der Waals surface area (Å²) >= 11 is 0. The first-order valence-corrected chi connectivity index (χ1v) is 8.95. The van der Waals surface area contributed by atoms with E-state index in [9.17, 15) is 18.4 Å². The molecule has 1 unspecified atom stereocenters. The lowest BCUT2D eigenvalue weighted by Gasteiger charge is -2.18. The number of unbranched alkanes of at least 4 members (excludes halogenated alkanes) is 1. The highest BCUT2D eigenvalue weighted by atomic mass is 19.1. The number of halogens is 2. The first kappa shape index (κ1) is 21.4. The Kier molecular flexibility index (Phi) is 8.01. The number of Topliss-reactive ketones (excluding diaryl/α,β-unsaturated/α-hetero) is 1. The number of carbonyl (C=O) groups is 2. The van der Waals surface area contributed by atoms with E-state index in [2.05, 4.69) is 10.3 Å². The van der Waals surface area contributed by atoms with Gasteiger partial charge in [0, 0.05) is 18.0 Å². The van der Waals surface area contributed by atoms with E-state index in [0.29, 0.717) is 31.4 Å². The second-order valence-corrected chi connectivity index (χ2v) is 6.31. The number of ether oxygens (including phenoxy) is 1. The number of ketones is 1. The first-order valence-electron chi connectivity index (χ1n) is 8.95. The Balaban J connectivity index is 2.06. The smallest absolute Gasteiger partial charge is 0.251 e. The average Bonchev–Trinajstić information content (AvgIpc) is 2.70. The zero-order chi connectivity index (χ0) is 20.5. The van der Waals surface area contributed by atoms with Crippen LogP contribution < -0.4 is 15.8 Å². The Labute approximate surface area is 162 Å². The van der Waals surface area contributed by atoms with E-state index in [0.717, 1.165) is 6.07 Å². The number of rotatable bonds is 10. The van der Waals surface area contributed by atoms with Crippen molar-refractivity contribution in [3.63, 3.8) is 0 Å². The molecular formula is C20H23F2N3O3. The molecule has 2 rings (SSSR count). The molecule has 0 spiro atoms. The van der Waals surface area contributed by atoms with E-state index < -0.39 is 41.7 Å². The van der Waals surface area contributed by atoms with E-state index in [1.54, 1.807) is 0 Å². The van der Waals surface area contributed by atoms with Crippen LogP contribution >= 0.6 is 0 Å². The molecule has 6 nitrogen and oxygen atoms in total. The van der Waals surface area contributed by atoms with Crippen LogP contribution in [0.25, 0.3) is 0 Å². The maximum Gasteiger partial charge on any atom is 0.251 e. The van der Waals surface area contributed by atoms with Crippen LogP contribution in [0.1, 0.15) is 35.2 Å². The summed E-state index contributed by atoms with van der Waals surface area (Å²) < 4.78 is 32.9. The number of hydrogen-bond donors (Lipinski definition) is 2. The maximum absolute atomic E-state index is 14.0. The average molecular weight is 391 g/mol. The van der Waals surface area contributed by atoms with Gasteiger partial charge in [-0.15, -0.1) is 0 Å². The number of amides is 1. The fraction of sp³-hybridized carbons (Fsp3) is 0.350. The van der Waals surface area contributed by atoms with E-state index in [4.69, 9.17) is 10.5 Å². The monoisotopic (exact) mass is 391 g/mol. The molecular weight excluding hydrogens is 368 g/mol. The van der Waals surface area contributed by atoms with Crippen molar-refractivity contribution >= 4 is 11.7 Å². The van der Waals surface area contributed by atoms with Crippen molar-refractivity contribution in [2.75, 3.05) is 13.2 Å². The molecule has 1 aromatic heterocycles.